The van der Waals surface area contributed by atoms with E-state index in [0.717, 1.165) is 43.0 Å². The normalized spacial score (nSPS) is 19.9. The van der Waals surface area contributed by atoms with Gasteiger partial charge in [-0.2, -0.15) is 0 Å². The van der Waals surface area contributed by atoms with Crippen molar-refractivity contribution in [1.29, 1.82) is 0 Å². The average Bonchev–Trinajstić information content (AvgIpc) is 3.21. The predicted octanol–water partition coefficient (Wildman–Crippen LogP) is 2.81. The molecule has 2 aromatic heterocycles. The highest BCUT2D eigenvalue weighted by Crippen LogP contribution is 2.46. The van der Waals surface area contributed by atoms with Gasteiger partial charge in [-0.25, -0.2) is 9.97 Å². The van der Waals surface area contributed by atoms with Crippen molar-refractivity contribution in [2.24, 2.45) is 0 Å². The number of hydrogen-bond donors (Lipinski definition) is 1. The highest BCUT2D eigenvalue weighted by Gasteiger charge is 2.51. The number of anilines is 1. The van der Waals surface area contributed by atoms with Gasteiger partial charge in [0.25, 0.3) is 0 Å². The van der Waals surface area contributed by atoms with E-state index < -0.39 is 0 Å². The Labute approximate surface area is 141 Å². The van der Waals surface area contributed by atoms with Crippen LogP contribution in [0.25, 0.3) is 11.0 Å². The summed E-state index contributed by atoms with van der Waals surface area (Å²) in [7, 11) is 0. The van der Waals surface area contributed by atoms with Crippen LogP contribution < -0.4 is 4.90 Å². The zero-order valence-electron chi connectivity index (χ0n) is 13.7. The summed E-state index contributed by atoms with van der Waals surface area (Å²) in [5.74, 6) is 1.08. The molecule has 0 radical (unpaired) electrons. The number of H-pyrrole nitrogens is 1. The first-order valence-electron chi connectivity index (χ1n) is 8.66. The van der Waals surface area contributed by atoms with Gasteiger partial charge in [0.15, 0.2) is 0 Å². The molecule has 5 heteroatoms. The molecule has 24 heavy (non-hydrogen) atoms. The van der Waals surface area contributed by atoms with E-state index in [1.165, 1.54) is 18.4 Å². The molecule has 0 bridgehead atoms. The topological polar surface area (TPSA) is 48.1 Å². The summed E-state index contributed by atoms with van der Waals surface area (Å²) in [4.78, 5) is 17.2. The molecule has 1 saturated heterocycles. The Kier molecular flexibility index (Phi) is 3.10. The lowest BCUT2D eigenvalue weighted by Crippen LogP contribution is -2.54. The number of rotatable bonds is 3. The summed E-state index contributed by atoms with van der Waals surface area (Å²) in [6, 6.07) is 12.9. The van der Waals surface area contributed by atoms with Crippen molar-refractivity contribution in [3.63, 3.8) is 0 Å². The van der Waals surface area contributed by atoms with Crippen LogP contribution in [0.15, 0.2) is 48.9 Å². The first-order chi connectivity index (χ1) is 11.8. The van der Waals surface area contributed by atoms with E-state index in [2.05, 4.69) is 61.1 Å². The van der Waals surface area contributed by atoms with E-state index in [0.29, 0.717) is 5.54 Å². The molecule has 1 spiro atoms. The fourth-order valence-electron chi connectivity index (χ4n) is 3.97. The highest BCUT2D eigenvalue weighted by atomic mass is 15.4. The van der Waals surface area contributed by atoms with Crippen LogP contribution in [0.5, 0.6) is 0 Å². The molecule has 3 heterocycles. The number of piperazine rings is 1. The largest absolute Gasteiger partial charge is 0.353 e. The molecule has 1 aliphatic heterocycles. The first kappa shape index (κ1) is 14.0. The fraction of sp³-hybridized carbons (Fsp3) is 0.368. The minimum Gasteiger partial charge on any atom is -0.353 e. The maximum absolute atomic E-state index is 4.58. The van der Waals surface area contributed by atoms with E-state index >= 15 is 0 Å². The van der Waals surface area contributed by atoms with Crippen LogP contribution in [0.4, 0.5) is 5.82 Å². The molecule has 5 nitrogen and oxygen atoms in total. The van der Waals surface area contributed by atoms with Crippen molar-refractivity contribution in [2.45, 2.75) is 24.9 Å². The van der Waals surface area contributed by atoms with E-state index in [9.17, 15) is 0 Å². The Morgan fingerprint density at radius 3 is 2.75 bits per heavy atom. The van der Waals surface area contributed by atoms with Crippen LogP contribution >= 0.6 is 0 Å². The zero-order chi connectivity index (χ0) is 16.0. The summed E-state index contributed by atoms with van der Waals surface area (Å²) in [5.41, 5.74) is 2.67. The van der Waals surface area contributed by atoms with Gasteiger partial charge in [0.2, 0.25) is 0 Å². The molecular formula is C19H21N5. The number of benzene rings is 1. The minimum atomic E-state index is 0.335. The summed E-state index contributed by atoms with van der Waals surface area (Å²) < 4.78 is 0. The van der Waals surface area contributed by atoms with Gasteiger partial charge in [0.05, 0.1) is 5.39 Å². The maximum Gasteiger partial charge on any atom is 0.142 e. The lowest BCUT2D eigenvalue weighted by Gasteiger charge is -2.43. The van der Waals surface area contributed by atoms with Crippen LogP contribution in [0.3, 0.4) is 0 Å². The second kappa shape index (κ2) is 5.31. The summed E-state index contributed by atoms with van der Waals surface area (Å²) in [5, 5.41) is 1.13. The third kappa shape index (κ3) is 2.27. The smallest absolute Gasteiger partial charge is 0.142 e. The van der Waals surface area contributed by atoms with E-state index in [1.54, 1.807) is 6.33 Å². The summed E-state index contributed by atoms with van der Waals surface area (Å²) in [6.07, 6.45) is 6.20. The number of aromatic nitrogens is 3. The Morgan fingerprint density at radius 1 is 1.04 bits per heavy atom. The standard InChI is InChI=1S/C19H21N5/c1-2-4-15(5-3-1)12-24-11-10-23(13-19(24)7-8-19)18-16-6-9-20-17(16)21-14-22-18/h1-6,9,14H,7-8,10-13H2,(H,20,21,22). The maximum atomic E-state index is 4.58. The van der Waals surface area contributed by atoms with Crippen molar-refractivity contribution < 1.29 is 0 Å². The average molecular weight is 319 g/mol. The number of fused-ring (bicyclic) bond motifs is 1. The van der Waals surface area contributed by atoms with E-state index in [-0.39, 0.29) is 0 Å². The van der Waals surface area contributed by atoms with Gasteiger partial charge in [-0.15, -0.1) is 0 Å². The van der Waals surface area contributed by atoms with Crippen LogP contribution in [-0.4, -0.2) is 45.0 Å². The minimum absolute atomic E-state index is 0.335. The van der Waals surface area contributed by atoms with Gasteiger partial charge in [0.1, 0.15) is 17.8 Å². The van der Waals surface area contributed by atoms with Gasteiger partial charge in [-0.1, -0.05) is 30.3 Å². The number of nitrogens with zero attached hydrogens (tertiary/aromatic N) is 4. The predicted molar refractivity (Wildman–Crippen MR) is 94.9 cm³/mol. The van der Waals surface area contributed by atoms with Gasteiger partial charge >= 0.3 is 0 Å². The molecular weight excluding hydrogens is 298 g/mol. The van der Waals surface area contributed by atoms with Gasteiger partial charge < -0.3 is 9.88 Å². The van der Waals surface area contributed by atoms with Crippen molar-refractivity contribution in [3.05, 3.63) is 54.5 Å². The van der Waals surface area contributed by atoms with Crippen LogP contribution in [-0.2, 0) is 6.54 Å². The molecule has 1 aromatic carbocycles. The number of nitrogens with one attached hydrogen (secondary N) is 1. The number of aromatic amines is 1. The Bertz CT molecular complexity index is 852. The summed E-state index contributed by atoms with van der Waals surface area (Å²) >= 11 is 0. The SMILES string of the molecule is c1ccc(CN2CCN(c3ncnc4[nH]ccc34)CC23CC3)cc1. The summed E-state index contributed by atoms with van der Waals surface area (Å²) in [6.45, 7) is 4.23. The third-order valence-electron chi connectivity index (χ3n) is 5.47. The Hall–Kier alpha value is -2.40. The molecule has 1 saturated carbocycles. The van der Waals surface area contributed by atoms with Crippen molar-refractivity contribution >= 4 is 16.9 Å². The van der Waals surface area contributed by atoms with Crippen molar-refractivity contribution in [2.75, 3.05) is 24.5 Å². The van der Waals surface area contributed by atoms with Gasteiger partial charge in [-0.3, -0.25) is 4.90 Å². The number of hydrogen-bond acceptors (Lipinski definition) is 4. The molecule has 0 unspecified atom stereocenters. The monoisotopic (exact) mass is 319 g/mol. The molecule has 0 atom stereocenters. The van der Waals surface area contributed by atoms with Crippen LogP contribution in [0, 0.1) is 0 Å². The first-order valence-corrected chi connectivity index (χ1v) is 8.66. The van der Waals surface area contributed by atoms with Crippen molar-refractivity contribution in [1.82, 2.24) is 19.9 Å². The molecule has 3 aromatic rings. The van der Waals surface area contributed by atoms with Gasteiger partial charge in [0, 0.05) is 37.9 Å². The van der Waals surface area contributed by atoms with E-state index in [1.807, 2.05) is 6.20 Å². The molecule has 1 N–H and O–H groups in total. The molecule has 1 aliphatic carbocycles. The quantitative estimate of drug-likeness (QED) is 0.806. The Morgan fingerprint density at radius 2 is 1.92 bits per heavy atom. The van der Waals surface area contributed by atoms with Crippen LogP contribution in [0.1, 0.15) is 18.4 Å². The van der Waals surface area contributed by atoms with Gasteiger partial charge in [-0.05, 0) is 24.5 Å². The fourth-order valence-corrected chi connectivity index (χ4v) is 3.97. The van der Waals surface area contributed by atoms with Crippen molar-refractivity contribution in [3.8, 4) is 0 Å². The molecule has 122 valence electrons. The Balaban J connectivity index is 1.39. The highest BCUT2D eigenvalue weighted by molar-refractivity contribution is 5.87. The molecule has 0 amide bonds. The molecule has 2 aliphatic rings. The second-order valence-corrected chi connectivity index (χ2v) is 6.99. The molecule has 5 rings (SSSR count). The lowest BCUT2D eigenvalue weighted by molar-refractivity contribution is 0.149. The third-order valence-corrected chi connectivity index (χ3v) is 5.47. The molecule has 2 fully saturated rings. The second-order valence-electron chi connectivity index (χ2n) is 6.99. The van der Waals surface area contributed by atoms with Crippen LogP contribution in [0.2, 0.25) is 0 Å². The van der Waals surface area contributed by atoms with E-state index in [4.69, 9.17) is 0 Å². The lowest BCUT2D eigenvalue weighted by atomic mass is 10.1. The zero-order valence-corrected chi connectivity index (χ0v) is 13.7.